The smallest absolute Gasteiger partial charge is 0.339 e. The molecule has 0 saturated heterocycles. The number of ether oxygens (including phenoxy) is 5. The fraction of sp³-hybridized carbons (Fsp3) is 0.517. The van der Waals surface area contributed by atoms with Crippen molar-refractivity contribution in [2.75, 3.05) is 33.0 Å². The normalized spacial score (nSPS) is 13.0. The van der Waals surface area contributed by atoms with E-state index in [9.17, 15) is 4.79 Å². The van der Waals surface area contributed by atoms with E-state index in [1.54, 1.807) is 0 Å². The third-order valence-electron chi connectivity index (χ3n) is 12.3. The van der Waals surface area contributed by atoms with Crippen LogP contribution in [0.5, 0.6) is 23.0 Å². The molecule has 0 N–H and O–H groups in total. The van der Waals surface area contributed by atoms with Crippen molar-refractivity contribution in [1.82, 2.24) is 4.98 Å². The highest BCUT2D eigenvalue weighted by atomic mass is 16.5. The maximum atomic E-state index is 13.6. The molecule has 0 spiro atoms. The van der Waals surface area contributed by atoms with Gasteiger partial charge in [-0.3, -0.25) is 4.98 Å². The first-order valence-corrected chi connectivity index (χ1v) is 24.4. The first-order valence-electron chi connectivity index (χ1n) is 24.4. The number of aryl methyl sites for hydroxylation is 1. The number of carbonyl (C=O) groups excluding carboxylic acids is 1. The number of hydrogen-bond acceptors (Lipinski definition) is 7. The lowest BCUT2D eigenvalue weighted by molar-refractivity contribution is 0.0525. The van der Waals surface area contributed by atoms with Gasteiger partial charge in [-0.1, -0.05) is 120 Å². The summed E-state index contributed by atoms with van der Waals surface area (Å²) >= 11 is 0. The number of hydrogen-bond donors (Lipinski definition) is 0. The lowest BCUT2D eigenvalue weighted by atomic mass is 9.80. The Labute approximate surface area is 391 Å². The molecule has 4 aromatic carbocycles. The van der Waals surface area contributed by atoms with E-state index < -0.39 is 0 Å². The summed E-state index contributed by atoms with van der Waals surface area (Å²) in [5.41, 5.74) is 13.4. The minimum absolute atomic E-state index is 0.131. The van der Waals surface area contributed by atoms with Crippen molar-refractivity contribution in [3.63, 3.8) is 0 Å². The van der Waals surface area contributed by atoms with E-state index in [0.717, 1.165) is 104 Å². The predicted octanol–water partition coefficient (Wildman–Crippen LogP) is 14.5. The first-order chi connectivity index (χ1) is 30.7. The minimum Gasteiger partial charge on any atom is -0.493 e. The highest BCUT2D eigenvalue weighted by molar-refractivity contribution is 5.99. The van der Waals surface area contributed by atoms with Crippen molar-refractivity contribution in [3.05, 3.63) is 110 Å². The second kappa shape index (κ2) is 20.2. The number of fused-ring (bicyclic) bond motifs is 11. The molecule has 0 atom stereocenters. The quantitative estimate of drug-likeness (QED) is 0.101. The lowest BCUT2D eigenvalue weighted by Gasteiger charge is -2.27. The number of esters is 1. The van der Waals surface area contributed by atoms with Crippen molar-refractivity contribution >= 4 is 16.9 Å². The zero-order valence-corrected chi connectivity index (χ0v) is 42.5. The Morgan fingerprint density at radius 1 is 0.508 bits per heavy atom. The van der Waals surface area contributed by atoms with E-state index in [-0.39, 0.29) is 28.8 Å². The Morgan fingerprint density at radius 3 is 1.32 bits per heavy atom. The molecule has 350 valence electrons. The van der Waals surface area contributed by atoms with Crippen LogP contribution in [0.1, 0.15) is 189 Å². The molecule has 5 aromatic rings. The van der Waals surface area contributed by atoms with Gasteiger partial charge < -0.3 is 23.7 Å². The third-order valence-corrected chi connectivity index (χ3v) is 12.3. The fourth-order valence-electron chi connectivity index (χ4n) is 8.73. The second-order valence-electron chi connectivity index (χ2n) is 21.1. The Morgan fingerprint density at radius 2 is 0.892 bits per heavy atom. The average Bonchev–Trinajstić information content (AvgIpc) is 3.23. The van der Waals surface area contributed by atoms with Gasteiger partial charge in [-0.2, -0.15) is 0 Å². The second-order valence-corrected chi connectivity index (χ2v) is 21.1. The molecule has 6 rings (SSSR count). The van der Waals surface area contributed by atoms with Crippen LogP contribution in [0.15, 0.2) is 48.5 Å². The van der Waals surface area contributed by atoms with Crippen LogP contribution >= 0.6 is 0 Å². The molecular formula is C58H77NO6. The van der Waals surface area contributed by atoms with Crippen molar-refractivity contribution in [3.8, 4) is 34.1 Å². The fourth-order valence-corrected chi connectivity index (χ4v) is 8.73. The number of benzene rings is 4. The highest BCUT2D eigenvalue weighted by Crippen LogP contribution is 2.49. The van der Waals surface area contributed by atoms with Gasteiger partial charge in [-0.15, -0.1) is 0 Å². The van der Waals surface area contributed by atoms with Crippen LogP contribution in [0.4, 0.5) is 0 Å². The molecule has 1 aliphatic carbocycles. The van der Waals surface area contributed by atoms with Gasteiger partial charge in [-0.25, -0.2) is 4.79 Å². The van der Waals surface area contributed by atoms with E-state index in [4.69, 9.17) is 28.7 Å². The molecule has 1 aromatic heterocycles. The van der Waals surface area contributed by atoms with Crippen LogP contribution in [0.3, 0.4) is 0 Å². The summed E-state index contributed by atoms with van der Waals surface area (Å²) in [4.78, 5) is 18.9. The van der Waals surface area contributed by atoms with Crippen molar-refractivity contribution in [1.29, 1.82) is 0 Å². The standard InChI is InChI=1S/C58H77NO6/c1-16-21-62-51-37-25-38-28-43(57(10,11)12)31-41(52(38)63-22-17-2)32-47-46-34-45(55(60)61-20-5)36(6)59-50(46)35-49(54(47)65-24-19-4)48-33-44(58(13,14)15)30-40(53(48)64-23-18-3)26-39(51)29-42(27-37)56(7,8)9/h27-31,33-35H,16-26,32H2,1-15H3. The average molecular weight is 884 g/mol. The van der Waals surface area contributed by atoms with Crippen LogP contribution in [-0.2, 0) is 40.2 Å². The van der Waals surface area contributed by atoms with Crippen LogP contribution < -0.4 is 18.9 Å². The molecule has 0 saturated carbocycles. The van der Waals surface area contributed by atoms with Gasteiger partial charge in [0.25, 0.3) is 0 Å². The van der Waals surface area contributed by atoms with Gasteiger partial charge in [0, 0.05) is 41.3 Å². The molecule has 0 amide bonds. The van der Waals surface area contributed by atoms with Gasteiger partial charge >= 0.3 is 5.97 Å². The topological polar surface area (TPSA) is 76.1 Å². The molecule has 0 aliphatic heterocycles. The predicted molar refractivity (Wildman–Crippen MR) is 268 cm³/mol. The maximum Gasteiger partial charge on any atom is 0.339 e. The number of aromatic nitrogens is 1. The summed E-state index contributed by atoms with van der Waals surface area (Å²) in [6.07, 6.45) is 5.09. The van der Waals surface area contributed by atoms with Gasteiger partial charge in [0.2, 0.25) is 0 Å². The number of nitrogens with zero attached hydrogens (tertiary/aromatic N) is 1. The van der Waals surface area contributed by atoms with Crippen molar-refractivity contribution in [2.45, 2.75) is 165 Å². The Kier molecular flexibility index (Phi) is 15.4. The first kappa shape index (κ1) is 49.4. The van der Waals surface area contributed by atoms with Gasteiger partial charge in [0.05, 0.1) is 49.8 Å². The Balaban J connectivity index is 1.91. The molecule has 0 radical (unpaired) electrons. The van der Waals surface area contributed by atoms with Crippen LogP contribution in [-0.4, -0.2) is 44.0 Å². The molecular weight excluding hydrogens is 807 g/mol. The van der Waals surface area contributed by atoms with Crippen LogP contribution in [0.25, 0.3) is 22.0 Å². The Hall–Kier alpha value is -5.04. The highest BCUT2D eigenvalue weighted by Gasteiger charge is 2.31. The summed E-state index contributed by atoms with van der Waals surface area (Å²) < 4.78 is 33.7. The molecule has 65 heavy (non-hydrogen) atoms. The van der Waals surface area contributed by atoms with Crippen LogP contribution in [0.2, 0.25) is 0 Å². The molecule has 0 fully saturated rings. The molecule has 7 nitrogen and oxygen atoms in total. The number of carbonyl (C=O) groups is 1. The molecule has 8 bridgehead atoms. The Bertz CT molecular complexity index is 2510. The monoisotopic (exact) mass is 884 g/mol. The van der Waals surface area contributed by atoms with E-state index in [2.05, 4.69) is 132 Å². The van der Waals surface area contributed by atoms with Crippen molar-refractivity contribution < 1.29 is 28.5 Å². The number of rotatable bonds is 14. The summed E-state index contributed by atoms with van der Waals surface area (Å²) in [7, 11) is 0. The summed E-state index contributed by atoms with van der Waals surface area (Å²) in [5.74, 6) is 3.04. The summed E-state index contributed by atoms with van der Waals surface area (Å²) in [6, 6.07) is 18.3. The van der Waals surface area contributed by atoms with E-state index in [0.29, 0.717) is 56.9 Å². The van der Waals surface area contributed by atoms with E-state index in [1.165, 1.54) is 16.7 Å². The lowest BCUT2D eigenvalue weighted by Crippen LogP contribution is -2.16. The maximum absolute atomic E-state index is 13.6. The zero-order chi connectivity index (χ0) is 47.4. The zero-order valence-electron chi connectivity index (χ0n) is 42.5. The van der Waals surface area contributed by atoms with Gasteiger partial charge in [0.15, 0.2) is 0 Å². The molecule has 7 heteroatoms. The molecule has 0 unspecified atom stereocenters. The minimum atomic E-state index is -0.386. The molecule has 1 aliphatic rings. The van der Waals surface area contributed by atoms with Gasteiger partial charge in [-0.05, 0) is 118 Å². The van der Waals surface area contributed by atoms with Crippen molar-refractivity contribution in [2.24, 2.45) is 0 Å². The molecule has 1 heterocycles. The SMILES string of the molecule is CCCOc1c2cc(C(C)(C)C)cc1Cc1cc(C(C)(C)C)cc(c1OCCC)-c1cc3nc(C)c(C(=O)OCC)cc3c(c1OCCC)Cc1cc(C(C)(C)C)cc(c1OCCC)C2. The largest absolute Gasteiger partial charge is 0.493 e. The van der Waals surface area contributed by atoms with E-state index >= 15 is 0 Å². The number of pyridine rings is 1. The summed E-state index contributed by atoms with van der Waals surface area (Å²) in [5, 5.41) is 0.849. The third kappa shape index (κ3) is 11.0. The van der Waals surface area contributed by atoms with Crippen LogP contribution in [0, 0.1) is 6.92 Å². The van der Waals surface area contributed by atoms with E-state index in [1.807, 2.05) is 19.9 Å². The summed E-state index contributed by atoms with van der Waals surface area (Å²) in [6.45, 7) is 35.4. The van der Waals surface area contributed by atoms with Gasteiger partial charge in [0.1, 0.15) is 23.0 Å².